The van der Waals surface area contributed by atoms with Crippen LogP contribution < -0.4 is 0 Å². The molecule has 3 heterocycles. The van der Waals surface area contributed by atoms with Crippen molar-refractivity contribution in [2.24, 2.45) is 0 Å². The van der Waals surface area contributed by atoms with Crippen LogP contribution in [-0.2, 0) is 61.8 Å². The van der Waals surface area contributed by atoms with Crippen molar-refractivity contribution in [3.05, 3.63) is 143 Å². The predicted molar refractivity (Wildman–Crippen MR) is 226 cm³/mol. The number of ether oxygens (including phenoxy) is 10. The number of methoxy groups -OCH3 is 1. The maximum Gasteiger partial charge on any atom is 0.338 e. The van der Waals surface area contributed by atoms with Crippen LogP contribution in [-0.4, -0.2) is 134 Å². The van der Waals surface area contributed by atoms with E-state index < -0.39 is 122 Å². The van der Waals surface area contributed by atoms with Crippen LogP contribution in [0.1, 0.15) is 72.6 Å². The maximum atomic E-state index is 14.4. The SMILES string of the molecule is CO[C@H]1O[C@H](COC(=O)c2ccccc2)[C@H](O[C@@H]2O[C@H](COC(C)=O)[C@@H](OC(C)=O)[C@H](OC(C)=O)[C@H]2N2C(=O)c3ccccc3C2=O)[C@H](OC(=O)c2ccccc2)[C@H]1OC(=O)c1ccccc1. The molecule has 2 saturated heterocycles. The van der Waals surface area contributed by atoms with Gasteiger partial charge in [0.1, 0.15) is 37.6 Å². The summed E-state index contributed by atoms with van der Waals surface area (Å²) in [5, 5.41) is 0. The van der Waals surface area contributed by atoms with Gasteiger partial charge < -0.3 is 47.4 Å². The lowest BCUT2D eigenvalue weighted by atomic mass is 9.93. The molecule has 0 aromatic heterocycles. The molecule has 2 amide bonds. The number of imide groups is 1. The zero-order valence-electron chi connectivity index (χ0n) is 36.5. The first-order chi connectivity index (χ1) is 32.2. The van der Waals surface area contributed by atoms with Gasteiger partial charge in [-0.3, -0.25) is 28.9 Å². The Kier molecular flexibility index (Phi) is 15.2. The number of carbonyl (C=O) groups is 8. The number of rotatable bonds is 15. The second kappa shape index (κ2) is 21.3. The van der Waals surface area contributed by atoms with Crippen LogP contribution in [0.4, 0.5) is 0 Å². The van der Waals surface area contributed by atoms with Crippen LogP contribution in [0.15, 0.2) is 115 Å². The van der Waals surface area contributed by atoms with Gasteiger partial charge in [-0.25, -0.2) is 14.4 Å². The molecule has 3 aliphatic rings. The van der Waals surface area contributed by atoms with Crippen molar-refractivity contribution in [3.8, 4) is 0 Å². The average molecular weight is 924 g/mol. The molecule has 7 rings (SSSR count). The molecule has 350 valence electrons. The van der Waals surface area contributed by atoms with Crippen LogP contribution in [0, 0.1) is 0 Å². The molecule has 19 heteroatoms. The van der Waals surface area contributed by atoms with E-state index in [4.69, 9.17) is 47.4 Å². The molecule has 0 saturated carbocycles. The fourth-order valence-corrected chi connectivity index (χ4v) is 7.88. The highest BCUT2D eigenvalue weighted by Crippen LogP contribution is 2.39. The summed E-state index contributed by atoms with van der Waals surface area (Å²) in [5.41, 5.74) is 0.181. The summed E-state index contributed by atoms with van der Waals surface area (Å²) in [4.78, 5) is 109. The van der Waals surface area contributed by atoms with E-state index in [1.807, 2.05) is 0 Å². The molecule has 0 bridgehead atoms. The molecular weight excluding hydrogens is 879 g/mol. The Hall–Kier alpha value is -7.32. The topological polar surface area (TPSA) is 232 Å². The molecule has 2 fully saturated rings. The standard InChI is InChI=1S/C48H45NO18/c1-26(50)59-24-34-37(61-27(2)51)39(62-28(3)52)36(49-42(53)32-22-14-15-23-33(32)43(49)54)47(63-34)67-38-35(25-60-44(55)29-16-8-5-9-17-29)64-48(58-4)41(66-46(57)31-20-12-7-13-21-31)40(38)65-45(56)30-18-10-6-11-19-30/h5-23,34-41,47-48H,24-25H2,1-4H3/t34-,35-,36-,37-,38+,39-,40+,41-,47+,48+/m1/s1. The minimum absolute atomic E-state index is 0.0420. The van der Waals surface area contributed by atoms with E-state index in [1.54, 1.807) is 54.6 Å². The lowest BCUT2D eigenvalue weighted by Crippen LogP contribution is -2.70. The number of nitrogens with zero attached hydrogens (tertiary/aromatic N) is 1. The van der Waals surface area contributed by atoms with Gasteiger partial charge in [0, 0.05) is 27.9 Å². The number of hydrogen-bond acceptors (Lipinski definition) is 18. The maximum absolute atomic E-state index is 14.4. The third-order valence-corrected chi connectivity index (χ3v) is 10.8. The largest absolute Gasteiger partial charge is 0.463 e. The van der Waals surface area contributed by atoms with E-state index in [-0.39, 0.29) is 27.8 Å². The van der Waals surface area contributed by atoms with Crippen molar-refractivity contribution in [1.29, 1.82) is 0 Å². The minimum atomic E-state index is -2.00. The molecule has 4 aromatic carbocycles. The van der Waals surface area contributed by atoms with Gasteiger partial charge in [0.05, 0.1) is 27.8 Å². The Morgan fingerprint density at radius 2 is 0.910 bits per heavy atom. The van der Waals surface area contributed by atoms with Crippen LogP contribution in [0.2, 0.25) is 0 Å². The van der Waals surface area contributed by atoms with Gasteiger partial charge >= 0.3 is 35.8 Å². The number of hydrogen-bond donors (Lipinski definition) is 0. The van der Waals surface area contributed by atoms with Gasteiger partial charge in [-0.2, -0.15) is 0 Å². The van der Waals surface area contributed by atoms with Crippen molar-refractivity contribution in [2.45, 2.75) is 82.1 Å². The van der Waals surface area contributed by atoms with Crippen molar-refractivity contribution in [1.82, 2.24) is 4.90 Å². The molecule has 10 atom stereocenters. The molecule has 0 aliphatic carbocycles. The first-order valence-corrected chi connectivity index (χ1v) is 20.9. The van der Waals surface area contributed by atoms with Gasteiger partial charge in [-0.15, -0.1) is 0 Å². The highest BCUT2D eigenvalue weighted by atomic mass is 16.8. The summed E-state index contributed by atoms with van der Waals surface area (Å²) >= 11 is 0. The first kappa shape index (κ1) is 47.6. The van der Waals surface area contributed by atoms with Gasteiger partial charge in [-0.1, -0.05) is 66.7 Å². The molecule has 0 unspecified atom stereocenters. The second-order valence-corrected chi connectivity index (χ2v) is 15.3. The normalized spacial score (nSPS) is 25.5. The summed E-state index contributed by atoms with van der Waals surface area (Å²) in [6.45, 7) is 1.84. The molecule has 67 heavy (non-hydrogen) atoms. The molecule has 0 N–H and O–H groups in total. The molecule has 3 aliphatic heterocycles. The second-order valence-electron chi connectivity index (χ2n) is 15.3. The van der Waals surface area contributed by atoms with E-state index in [0.717, 1.165) is 20.8 Å². The number of amides is 2. The Labute approximate surface area is 383 Å². The quantitative estimate of drug-likeness (QED) is 0.0935. The molecule has 19 nitrogen and oxygen atoms in total. The molecule has 4 aromatic rings. The van der Waals surface area contributed by atoms with Crippen LogP contribution in [0.3, 0.4) is 0 Å². The summed E-state index contributed by atoms with van der Waals surface area (Å²) in [6, 6.07) is 27.4. The Morgan fingerprint density at radius 1 is 0.478 bits per heavy atom. The Morgan fingerprint density at radius 3 is 1.40 bits per heavy atom. The lowest BCUT2D eigenvalue weighted by Gasteiger charge is -2.50. The Balaban J connectivity index is 1.39. The molecule has 0 radical (unpaired) electrons. The van der Waals surface area contributed by atoms with Crippen LogP contribution >= 0.6 is 0 Å². The van der Waals surface area contributed by atoms with E-state index in [0.29, 0.717) is 4.90 Å². The third-order valence-electron chi connectivity index (χ3n) is 10.8. The molecule has 0 spiro atoms. The van der Waals surface area contributed by atoms with Crippen molar-refractivity contribution >= 4 is 47.6 Å². The average Bonchev–Trinajstić information content (AvgIpc) is 3.57. The zero-order chi connectivity index (χ0) is 47.8. The Bertz CT molecular complexity index is 2430. The minimum Gasteiger partial charge on any atom is -0.463 e. The first-order valence-electron chi connectivity index (χ1n) is 20.9. The summed E-state index contributed by atoms with van der Waals surface area (Å²) in [6.07, 6.45) is -15.3. The van der Waals surface area contributed by atoms with Crippen molar-refractivity contribution in [3.63, 3.8) is 0 Å². The zero-order valence-corrected chi connectivity index (χ0v) is 36.5. The fourth-order valence-electron chi connectivity index (χ4n) is 7.88. The lowest BCUT2D eigenvalue weighted by molar-refractivity contribution is -0.346. The van der Waals surface area contributed by atoms with Gasteiger partial charge in [-0.05, 0) is 48.5 Å². The number of carbonyl (C=O) groups excluding carboxylic acids is 8. The van der Waals surface area contributed by atoms with E-state index in [2.05, 4.69) is 0 Å². The van der Waals surface area contributed by atoms with Gasteiger partial charge in [0.2, 0.25) is 0 Å². The monoisotopic (exact) mass is 923 g/mol. The smallest absolute Gasteiger partial charge is 0.338 e. The highest BCUT2D eigenvalue weighted by Gasteiger charge is 2.60. The third kappa shape index (κ3) is 10.9. The summed E-state index contributed by atoms with van der Waals surface area (Å²) in [7, 11) is 1.22. The van der Waals surface area contributed by atoms with Crippen LogP contribution in [0.5, 0.6) is 0 Å². The van der Waals surface area contributed by atoms with E-state index in [9.17, 15) is 38.4 Å². The predicted octanol–water partition coefficient (Wildman–Crippen LogP) is 3.87. The van der Waals surface area contributed by atoms with Crippen molar-refractivity contribution < 1.29 is 85.7 Å². The number of benzene rings is 4. The fraction of sp³-hybridized carbons (Fsp3) is 0.333. The van der Waals surface area contributed by atoms with E-state index in [1.165, 1.54) is 67.8 Å². The van der Waals surface area contributed by atoms with E-state index >= 15 is 0 Å². The number of fused-ring (bicyclic) bond motifs is 1. The van der Waals surface area contributed by atoms with Gasteiger partial charge in [0.15, 0.2) is 37.0 Å². The highest BCUT2D eigenvalue weighted by molar-refractivity contribution is 6.21. The summed E-state index contributed by atoms with van der Waals surface area (Å²) < 4.78 is 60.0. The van der Waals surface area contributed by atoms with Crippen LogP contribution in [0.25, 0.3) is 0 Å². The number of esters is 6. The molecular formula is C48H45NO18. The van der Waals surface area contributed by atoms with Crippen molar-refractivity contribution in [2.75, 3.05) is 20.3 Å². The van der Waals surface area contributed by atoms with Gasteiger partial charge in [0.25, 0.3) is 11.8 Å². The summed E-state index contributed by atoms with van der Waals surface area (Å²) in [5.74, 6) is -7.15.